The number of aryl methyl sites for hydroxylation is 2. The van der Waals surface area contributed by atoms with E-state index in [4.69, 9.17) is 0 Å². The van der Waals surface area contributed by atoms with Gasteiger partial charge in [0.2, 0.25) is 0 Å². The van der Waals surface area contributed by atoms with E-state index in [2.05, 4.69) is 55.6 Å². The van der Waals surface area contributed by atoms with Crippen LogP contribution in [0.3, 0.4) is 0 Å². The summed E-state index contributed by atoms with van der Waals surface area (Å²) in [7, 11) is 0. The van der Waals surface area contributed by atoms with Crippen LogP contribution >= 0.6 is 23.5 Å². The molecule has 39 heavy (non-hydrogen) atoms. The summed E-state index contributed by atoms with van der Waals surface area (Å²) in [4.78, 5) is 0. The van der Waals surface area contributed by atoms with Gasteiger partial charge in [0.05, 0.1) is 0 Å². The summed E-state index contributed by atoms with van der Waals surface area (Å²) in [5.74, 6) is 5.63. The Morgan fingerprint density at radius 2 is 0.744 bits per heavy atom. The lowest BCUT2D eigenvalue weighted by Gasteiger charge is -2.10. The van der Waals surface area contributed by atoms with Crippen LogP contribution in [0.4, 0.5) is 0 Å². The monoisotopic (exact) mass is 578 g/mol. The normalized spacial score (nSPS) is 11.4. The highest BCUT2D eigenvalue weighted by Gasteiger charge is 2.07. The Bertz CT molecular complexity index is 582. The lowest BCUT2D eigenvalue weighted by molar-refractivity contribution is 0.460. The van der Waals surface area contributed by atoms with Gasteiger partial charge >= 0.3 is 0 Å². The van der Waals surface area contributed by atoms with Crippen LogP contribution in [0.5, 0.6) is 5.75 Å². The third kappa shape index (κ3) is 23.0. The van der Waals surface area contributed by atoms with Gasteiger partial charge in [-0.25, -0.2) is 0 Å². The van der Waals surface area contributed by atoms with Crippen molar-refractivity contribution < 1.29 is 5.11 Å². The van der Waals surface area contributed by atoms with Crippen LogP contribution in [0, 0.1) is 0 Å². The Hall–Kier alpha value is -0.280. The lowest BCUT2D eigenvalue weighted by Crippen LogP contribution is -1.95. The molecule has 0 atom stereocenters. The van der Waals surface area contributed by atoms with Crippen LogP contribution in [0.1, 0.15) is 166 Å². The van der Waals surface area contributed by atoms with Gasteiger partial charge in [-0.1, -0.05) is 148 Å². The molecule has 1 rings (SSSR count). The molecule has 0 aliphatic rings. The second-order valence-electron chi connectivity index (χ2n) is 11.7. The second kappa shape index (κ2) is 29.2. The highest BCUT2D eigenvalue weighted by Crippen LogP contribution is 2.26. The molecule has 0 spiro atoms. The Labute approximate surface area is 253 Å². The molecule has 0 aliphatic carbocycles. The van der Waals surface area contributed by atoms with Crippen LogP contribution in [-0.2, 0) is 12.8 Å². The number of benzene rings is 1. The fourth-order valence-corrected chi connectivity index (χ4v) is 7.29. The van der Waals surface area contributed by atoms with E-state index < -0.39 is 0 Å². The van der Waals surface area contributed by atoms with E-state index in [-0.39, 0.29) is 0 Å². The number of para-hydroxylation sites is 1. The van der Waals surface area contributed by atoms with Crippen LogP contribution in [0.2, 0.25) is 0 Å². The van der Waals surface area contributed by atoms with Gasteiger partial charge in [-0.3, -0.25) is 0 Å². The molecule has 3 heteroatoms. The quantitative estimate of drug-likeness (QED) is 0.0917. The average Bonchev–Trinajstić information content (AvgIpc) is 2.95. The molecule has 0 bridgehead atoms. The van der Waals surface area contributed by atoms with Gasteiger partial charge in [0.15, 0.2) is 0 Å². The number of phenolic OH excluding ortho intramolecular Hbond substituents is 1. The van der Waals surface area contributed by atoms with Crippen molar-refractivity contribution in [3.05, 3.63) is 29.3 Å². The molecule has 1 nitrogen and oxygen atoms in total. The topological polar surface area (TPSA) is 20.2 Å². The minimum atomic E-state index is 0.580. The molecule has 0 amide bonds. The van der Waals surface area contributed by atoms with Gasteiger partial charge < -0.3 is 5.11 Å². The first-order chi connectivity index (χ1) is 19.3. The Morgan fingerprint density at radius 1 is 0.436 bits per heavy atom. The van der Waals surface area contributed by atoms with E-state index >= 15 is 0 Å². The number of thioether (sulfide) groups is 2. The molecular weight excluding hydrogens is 513 g/mol. The van der Waals surface area contributed by atoms with Crippen molar-refractivity contribution in [2.24, 2.45) is 0 Å². The van der Waals surface area contributed by atoms with E-state index in [1.807, 2.05) is 0 Å². The number of rotatable bonds is 30. The number of hydrogen-bond donors (Lipinski definition) is 1. The van der Waals surface area contributed by atoms with Crippen molar-refractivity contribution in [3.8, 4) is 5.75 Å². The van der Waals surface area contributed by atoms with Gasteiger partial charge in [0.25, 0.3) is 0 Å². The molecule has 0 fully saturated rings. The minimum absolute atomic E-state index is 0.580. The summed E-state index contributed by atoms with van der Waals surface area (Å²) in [5, 5.41) is 10.8. The van der Waals surface area contributed by atoms with E-state index in [0.717, 1.165) is 24.0 Å². The molecule has 228 valence electrons. The summed E-state index contributed by atoms with van der Waals surface area (Å²) < 4.78 is 0. The van der Waals surface area contributed by atoms with Crippen molar-refractivity contribution in [2.45, 2.75) is 168 Å². The fraction of sp³-hybridized carbons (Fsp3) is 0.833. The Balaban J connectivity index is 1.95. The molecule has 1 N–H and O–H groups in total. The molecule has 0 saturated carbocycles. The lowest BCUT2D eigenvalue weighted by atomic mass is 10.0. The van der Waals surface area contributed by atoms with Crippen LogP contribution in [-0.4, -0.2) is 28.1 Å². The summed E-state index contributed by atoms with van der Waals surface area (Å²) in [6, 6.07) is 6.41. The predicted molar refractivity (Wildman–Crippen MR) is 183 cm³/mol. The number of hydrogen-bond acceptors (Lipinski definition) is 3. The third-order valence-corrected chi connectivity index (χ3v) is 10.3. The van der Waals surface area contributed by atoms with Gasteiger partial charge in [-0.05, 0) is 72.7 Å². The van der Waals surface area contributed by atoms with Crippen molar-refractivity contribution >= 4 is 23.5 Å². The van der Waals surface area contributed by atoms with Gasteiger partial charge in [-0.15, -0.1) is 0 Å². The molecule has 1 aromatic carbocycles. The molecule has 0 aliphatic heterocycles. The molecule has 0 heterocycles. The SMILES string of the molecule is CCCCCCCCCCCCSCCCc1cccc(CCCSCCCCCCCCCCCC)c1O. The molecule has 0 aromatic heterocycles. The standard InChI is InChI=1S/C36H66OS2/c1-3-5-7-9-11-13-15-17-19-21-30-38-32-24-28-34-26-23-27-35(36(34)37)29-25-33-39-31-22-20-18-16-14-12-10-8-6-4-2/h23,26-27,37H,3-22,24-25,28-33H2,1-2H3. The smallest absolute Gasteiger partial charge is 0.121 e. The molecule has 1 aromatic rings. The van der Waals surface area contributed by atoms with Crippen LogP contribution < -0.4 is 0 Å². The van der Waals surface area contributed by atoms with Crippen molar-refractivity contribution in [2.75, 3.05) is 23.0 Å². The van der Waals surface area contributed by atoms with Gasteiger partial charge in [0, 0.05) is 0 Å². The zero-order chi connectivity index (χ0) is 28.1. The van der Waals surface area contributed by atoms with Crippen molar-refractivity contribution in [3.63, 3.8) is 0 Å². The zero-order valence-electron chi connectivity index (χ0n) is 26.3. The van der Waals surface area contributed by atoms with E-state index in [1.54, 1.807) is 0 Å². The first-order valence-electron chi connectivity index (χ1n) is 17.2. The van der Waals surface area contributed by atoms with Crippen LogP contribution in [0.25, 0.3) is 0 Å². The molecular formula is C36H66OS2. The largest absolute Gasteiger partial charge is 0.507 e. The third-order valence-electron chi connectivity index (χ3n) is 7.96. The second-order valence-corrected chi connectivity index (χ2v) is 14.2. The predicted octanol–water partition coefficient (Wildman–Crippen LogP) is 12.6. The number of phenols is 1. The highest BCUT2D eigenvalue weighted by molar-refractivity contribution is 7.99. The molecule has 0 saturated heterocycles. The molecule has 0 unspecified atom stereocenters. The Morgan fingerprint density at radius 3 is 1.10 bits per heavy atom. The van der Waals surface area contributed by atoms with Gasteiger partial charge in [-0.2, -0.15) is 23.5 Å². The maximum atomic E-state index is 10.8. The van der Waals surface area contributed by atoms with Crippen molar-refractivity contribution in [1.29, 1.82) is 0 Å². The van der Waals surface area contributed by atoms with Crippen molar-refractivity contribution in [1.82, 2.24) is 0 Å². The van der Waals surface area contributed by atoms with Crippen LogP contribution in [0.15, 0.2) is 18.2 Å². The summed E-state index contributed by atoms with van der Waals surface area (Å²) in [6.07, 6.45) is 32.7. The minimum Gasteiger partial charge on any atom is -0.507 e. The number of unbranched alkanes of at least 4 members (excludes halogenated alkanes) is 18. The summed E-state index contributed by atoms with van der Waals surface area (Å²) >= 11 is 4.21. The van der Waals surface area contributed by atoms with E-state index in [1.165, 1.54) is 164 Å². The summed E-state index contributed by atoms with van der Waals surface area (Å²) in [5.41, 5.74) is 2.31. The Kier molecular flexibility index (Phi) is 27.5. The fourth-order valence-electron chi connectivity index (χ4n) is 5.36. The zero-order valence-corrected chi connectivity index (χ0v) is 27.9. The highest BCUT2D eigenvalue weighted by atomic mass is 32.2. The maximum Gasteiger partial charge on any atom is 0.121 e. The molecule has 0 radical (unpaired) electrons. The maximum absolute atomic E-state index is 10.8. The summed E-state index contributed by atoms with van der Waals surface area (Å²) in [6.45, 7) is 4.59. The van der Waals surface area contributed by atoms with E-state index in [0.29, 0.717) is 5.75 Å². The average molecular weight is 579 g/mol. The van der Waals surface area contributed by atoms with Gasteiger partial charge in [0.1, 0.15) is 5.75 Å². The number of aromatic hydroxyl groups is 1. The first kappa shape index (κ1) is 36.7. The van der Waals surface area contributed by atoms with E-state index in [9.17, 15) is 5.11 Å². The first-order valence-corrected chi connectivity index (χ1v) is 19.6.